The number of carbonyl (C=O) groups excluding carboxylic acids is 2. The zero-order chi connectivity index (χ0) is 22.5. The number of hydrogen-bond acceptors (Lipinski definition) is 3. The molecule has 0 saturated carbocycles. The molecule has 0 aromatic heterocycles. The van der Waals surface area contributed by atoms with Crippen molar-refractivity contribution in [3.8, 4) is 0 Å². The topological polar surface area (TPSA) is 61.4 Å². The summed E-state index contributed by atoms with van der Waals surface area (Å²) in [5.74, 6) is -0.243. The van der Waals surface area contributed by atoms with Crippen molar-refractivity contribution < 1.29 is 9.59 Å². The summed E-state index contributed by atoms with van der Waals surface area (Å²) in [5, 5.41) is 6.33. The first kappa shape index (κ1) is 21.6. The van der Waals surface area contributed by atoms with Gasteiger partial charge < -0.3 is 10.6 Å². The van der Waals surface area contributed by atoms with Gasteiger partial charge in [0.25, 0.3) is 5.91 Å². The van der Waals surface area contributed by atoms with E-state index in [-0.39, 0.29) is 18.4 Å². The molecule has 0 spiro atoms. The van der Waals surface area contributed by atoms with Crippen molar-refractivity contribution in [3.63, 3.8) is 0 Å². The highest BCUT2D eigenvalue weighted by molar-refractivity contribution is 6.07. The van der Waals surface area contributed by atoms with E-state index < -0.39 is 6.17 Å². The van der Waals surface area contributed by atoms with E-state index in [4.69, 9.17) is 0 Å². The largest absolute Gasteiger partial charge is 0.376 e. The monoisotopic (exact) mass is 427 g/mol. The van der Waals surface area contributed by atoms with Crippen LogP contribution in [-0.4, -0.2) is 24.5 Å². The van der Waals surface area contributed by atoms with E-state index in [0.29, 0.717) is 12.0 Å². The normalized spacial score (nSPS) is 15.4. The molecule has 164 valence electrons. The lowest BCUT2D eigenvalue weighted by Crippen LogP contribution is -2.52. The second kappa shape index (κ2) is 9.69. The summed E-state index contributed by atoms with van der Waals surface area (Å²) in [6, 6.07) is 23.3. The number of amides is 2. The van der Waals surface area contributed by atoms with Crippen molar-refractivity contribution in [3.05, 3.63) is 95.1 Å². The van der Waals surface area contributed by atoms with Gasteiger partial charge in [-0.3, -0.25) is 14.5 Å². The van der Waals surface area contributed by atoms with Gasteiger partial charge in [-0.1, -0.05) is 54.1 Å². The molecule has 1 aliphatic rings. The highest BCUT2D eigenvalue weighted by Crippen LogP contribution is 2.30. The molecule has 2 N–H and O–H groups in total. The number of fused-ring (bicyclic) bond motifs is 1. The summed E-state index contributed by atoms with van der Waals surface area (Å²) in [5.41, 5.74) is 5.83. The maximum atomic E-state index is 13.5. The second-order valence-corrected chi connectivity index (χ2v) is 8.32. The minimum atomic E-state index is -0.403. The number of nitrogens with zero attached hydrogens (tertiary/aromatic N) is 1. The minimum absolute atomic E-state index is 0.104. The predicted octanol–water partition coefficient (Wildman–Crippen LogP) is 4.84. The van der Waals surface area contributed by atoms with Gasteiger partial charge in [0.05, 0.1) is 6.54 Å². The molecule has 0 bridgehead atoms. The van der Waals surface area contributed by atoms with Gasteiger partial charge in [0.15, 0.2) is 0 Å². The SMILES string of the molecule is Cc1ccc(NCC(=O)NC2CCCc3ccccc3N2C(=O)c2ccccc2)c(C)c1. The average molecular weight is 428 g/mol. The second-order valence-electron chi connectivity index (χ2n) is 8.32. The molecule has 1 heterocycles. The lowest BCUT2D eigenvalue weighted by Gasteiger charge is -2.32. The molecule has 0 saturated heterocycles. The van der Waals surface area contributed by atoms with E-state index >= 15 is 0 Å². The molecule has 5 heteroatoms. The van der Waals surface area contributed by atoms with Crippen molar-refractivity contribution in [2.24, 2.45) is 0 Å². The first-order chi connectivity index (χ1) is 15.5. The Kier molecular flexibility index (Phi) is 6.55. The third-order valence-corrected chi connectivity index (χ3v) is 5.87. The van der Waals surface area contributed by atoms with Crippen molar-refractivity contribution in [2.45, 2.75) is 39.3 Å². The number of benzene rings is 3. The van der Waals surface area contributed by atoms with E-state index in [1.807, 2.05) is 74.5 Å². The smallest absolute Gasteiger partial charge is 0.259 e. The third kappa shape index (κ3) is 4.83. The Bertz CT molecular complexity index is 1110. The molecular weight excluding hydrogens is 398 g/mol. The summed E-state index contributed by atoms with van der Waals surface area (Å²) in [6.07, 6.45) is 2.06. The zero-order valence-electron chi connectivity index (χ0n) is 18.6. The molecule has 0 radical (unpaired) electrons. The summed E-state index contributed by atoms with van der Waals surface area (Å²) in [7, 11) is 0. The first-order valence-electron chi connectivity index (χ1n) is 11.1. The molecule has 0 aliphatic carbocycles. The maximum Gasteiger partial charge on any atom is 0.259 e. The van der Waals surface area contributed by atoms with Crippen LogP contribution in [0.4, 0.5) is 11.4 Å². The number of rotatable bonds is 5. The molecule has 3 aromatic rings. The van der Waals surface area contributed by atoms with Gasteiger partial charge in [-0.05, 0) is 68.5 Å². The quantitative estimate of drug-likeness (QED) is 0.612. The van der Waals surface area contributed by atoms with Gasteiger partial charge >= 0.3 is 0 Å². The highest BCUT2D eigenvalue weighted by atomic mass is 16.2. The Balaban J connectivity index is 1.55. The van der Waals surface area contributed by atoms with Gasteiger partial charge in [-0.25, -0.2) is 0 Å². The first-order valence-corrected chi connectivity index (χ1v) is 11.1. The summed E-state index contributed by atoms with van der Waals surface area (Å²) in [6.45, 7) is 4.22. The fourth-order valence-electron chi connectivity index (χ4n) is 4.27. The van der Waals surface area contributed by atoms with E-state index in [0.717, 1.165) is 35.3 Å². The Labute approximate surface area is 189 Å². The number of anilines is 2. The van der Waals surface area contributed by atoms with Crippen LogP contribution >= 0.6 is 0 Å². The summed E-state index contributed by atoms with van der Waals surface area (Å²) >= 11 is 0. The van der Waals surface area contributed by atoms with E-state index in [9.17, 15) is 9.59 Å². The van der Waals surface area contributed by atoms with Crippen LogP contribution in [0.25, 0.3) is 0 Å². The van der Waals surface area contributed by atoms with Gasteiger partial charge in [0.2, 0.25) is 5.91 Å². The number of hydrogen-bond donors (Lipinski definition) is 2. The number of nitrogens with one attached hydrogen (secondary N) is 2. The van der Waals surface area contributed by atoms with E-state index in [1.165, 1.54) is 5.56 Å². The third-order valence-electron chi connectivity index (χ3n) is 5.87. The maximum absolute atomic E-state index is 13.5. The van der Waals surface area contributed by atoms with Crippen molar-refractivity contribution >= 4 is 23.2 Å². The summed E-state index contributed by atoms with van der Waals surface area (Å²) in [4.78, 5) is 28.2. The molecule has 2 amide bonds. The van der Waals surface area contributed by atoms with Crippen LogP contribution in [0.3, 0.4) is 0 Å². The predicted molar refractivity (Wildman–Crippen MR) is 129 cm³/mol. The van der Waals surface area contributed by atoms with Gasteiger partial charge in [0, 0.05) is 16.9 Å². The molecule has 4 rings (SSSR count). The van der Waals surface area contributed by atoms with E-state index in [2.05, 4.69) is 22.8 Å². The van der Waals surface area contributed by atoms with Crippen LogP contribution in [-0.2, 0) is 11.2 Å². The highest BCUT2D eigenvalue weighted by Gasteiger charge is 2.31. The number of aryl methyl sites for hydroxylation is 3. The number of para-hydroxylation sites is 1. The lowest BCUT2D eigenvalue weighted by molar-refractivity contribution is -0.120. The fourth-order valence-corrected chi connectivity index (χ4v) is 4.27. The van der Waals surface area contributed by atoms with Crippen LogP contribution < -0.4 is 15.5 Å². The van der Waals surface area contributed by atoms with Crippen LogP contribution in [0.1, 0.15) is 39.9 Å². The van der Waals surface area contributed by atoms with Crippen molar-refractivity contribution in [1.82, 2.24) is 5.32 Å². The molecule has 3 aromatic carbocycles. The Morgan fingerprint density at radius 2 is 1.72 bits per heavy atom. The Morgan fingerprint density at radius 3 is 2.50 bits per heavy atom. The van der Waals surface area contributed by atoms with E-state index in [1.54, 1.807) is 4.90 Å². The Hall–Kier alpha value is -3.60. The minimum Gasteiger partial charge on any atom is -0.376 e. The van der Waals surface area contributed by atoms with Gasteiger partial charge in [-0.15, -0.1) is 0 Å². The van der Waals surface area contributed by atoms with Crippen LogP contribution in [0.15, 0.2) is 72.8 Å². The van der Waals surface area contributed by atoms with Gasteiger partial charge in [-0.2, -0.15) is 0 Å². The van der Waals surface area contributed by atoms with Crippen LogP contribution in [0.5, 0.6) is 0 Å². The standard InChI is InChI=1S/C27H29N3O2/c1-19-15-16-23(20(2)17-19)28-18-26(31)29-25-14-8-12-21-9-6-7-13-24(21)30(25)27(32)22-10-4-3-5-11-22/h3-7,9-11,13,15-17,25,28H,8,12,14,18H2,1-2H3,(H,29,31). The molecule has 5 nitrogen and oxygen atoms in total. The fraction of sp³-hybridized carbons (Fsp3) is 0.259. The molecule has 1 atom stereocenters. The van der Waals surface area contributed by atoms with Crippen molar-refractivity contribution in [1.29, 1.82) is 0 Å². The number of carbonyl (C=O) groups is 2. The zero-order valence-corrected chi connectivity index (χ0v) is 18.6. The molecule has 32 heavy (non-hydrogen) atoms. The molecule has 0 fully saturated rings. The van der Waals surface area contributed by atoms with Crippen LogP contribution in [0, 0.1) is 13.8 Å². The van der Waals surface area contributed by atoms with Crippen molar-refractivity contribution in [2.75, 3.05) is 16.8 Å². The molecule has 1 aliphatic heterocycles. The molecular formula is C27H29N3O2. The molecule has 1 unspecified atom stereocenters. The summed E-state index contributed by atoms with van der Waals surface area (Å²) < 4.78 is 0. The Morgan fingerprint density at radius 1 is 0.969 bits per heavy atom. The lowest BCUT2D eigenvalue weighted by atomic mass is 10.1. The van der Waals surface area contributed by atoms with Crippen LogP contribution in [0.2, 0.25) is 0 Å². The average Bonchev–Trinajstić information content (AvgIpc) is 2.97. The van der Waals surface area contributed by atoms with Gasteiger partial charge in [0.1, 0.15) is 6.17 Å².